The highest BCUT2D eigenvalue weighted by Crippen LogP contribution is 2.51. The molecule has 0 atom stereocenters. The van der Waals surface area contributed by atoms with Crippen LogP contribution in [0.15, 0.2) is 200 Å². The second-order valence-electron chi connectivity index (χ2n) is 14.2. The maximum absolute atomic E-state index is 2.44. The fourth-order valence-corrected chi connectivity index (χ4v) is 8.44. The monoisotopic (exact) mass is 671 g/mol. The van der Waals surface area contributed by atoms with Crippen molar-refractivity contribution in [3.63, 3.8) is 0 Å². The Hall–Kier alpha value is -6.96. The first-order valence-corrected chi connectivity index (χ1v) is 18.3. The third-order valence-electron chi connectivity index (χ3n) is 11.1. The number of benzene rings is 10. The predicted molar refractivity (Wildman–Crippen MR) is 226 cm³/mol. The molecule has 0 heterocycles. The van der Waals surface area contributed by atoms with Crippen molar-refractivity contribution in [2.75, 3.05) is 4.90 Å². The lowest BCUT2D eigenvalue weighted by Gasteiger charge is -2.29. The molecule has 246 valence electrons. The molecular formula is C52H33N. The Morgan fingerprint density at radius 1 is 0.245 bits per heavy atom. The first-order valence-electron chi connectivity index (χ1n) is 18.3. The average Bonchev–Trinajstić information content (AvgIpc) is 3.23. The van der Waals surface area contributed by atoms with Gasteiger partial charge in [0, 0.05) is 16.8 Å². The smallest absolute Gasteiger partial charge is 0.0546 e. The normalized spacial score (nSPS) is 11.8. The van der Waals surface area contributed by atoms with Crippen LogP contribution >= 0.6 is 0 Å². The molecule has 0 amide bonds. The van der Waals surface area contributed by atoms with Crippen molar-refractivity contribution in [2.45, 2.75) is 0 Å². The number of hydrogen-bond acceptors (Lipinski definition) is 1. The second kappa shape index (κ2) is 11.8. The van der Waals surface area contributed by atoms with Crippen molar-refractivity contribution in [3.05, 3.63) is 200 Å². The van der Waals surface area contributed by atoms with Crippen LogP contribution in [-0.2, 0) is 0 Å². The predicted octanol–water partition coefficient (Wildman–Crippen LogP) is 14.8. The first-order chi connectivity index (χ1) is 26.2. The minimum atomic E-state index is 1.12. The van der Waals surface area contributed by atoms with Gasteiger partial charge in [0.25, 0.3) is 0 Å². The molecule has 1 heteroatoms. The van der Waals surface area contributed by atoms with Crippen LogP contribution in [0.5, 0.6) is 0 Å². The van der Waals surface area contributed by atoms with Crippen LogP contribution < -0.4 is 4.90 Å². The highest BCUT2D eigenvalue weighted by atomic mass is 15.1. The molecule has 0 aromatic heterocycles. The van der Waals surface area contributed by atoms with Gasteiger partial charge in [-0.05, 0) is 143 Å². The molecule has 0 fully saturated rings. The highest BCUT2D eigenvalue weighted by molar-refractivity contribution is 6.16. The van der Waals surface area contributed by atoms with Gasteiger partial charge in [-0.25, -0.2) is 0 Å². The Kier molecular flexibility index (Phi) is 6.62. The third-order valence-corrected chi connectivity index (χ3v) is 11.1. The van der Waals surface area contributed by atoms with E-state index in [1.165, 1.54) is 93.3 Å². The van der Waals surface area contributed by atoms with Crippen LogP contribution in [0.4, 0.5) is 17.1 Å². The second-order valence-corrected chi connectivity index (χ2v) is 14.2. The van der Waals surface area contributed by atoms with Crippen molar-refractivity contribution in [3.8, 4) is 44.5 Å². The quantitative estimate of drug-likeness (QED) is 0.165. The summed E-state index contributed by atoms with van der Waals surface area (Å²) in [4.78, 5) is 2.44. The van der Waals surface area contributed by atoms with Crippen LogP contribution in [0, 0.1) is 0 Å². The number of hydrogen-bond donors (Lipinski definition) is 0. The molecule has 0 aliphatic heterocycles. The molecular weight excluding hydrogens is 639 g/mol. The van der Waals surface area contributed by atoms with Crippen molar-refractivity contribution in [1.29, 1.82) is 0 Å². The number of fused-ring (bicyclic) bond motifs is 9. The molecule has 1 aliphatic rings. The topological polar surface area (TPSA) is 3.24 Å². The molecule has 0 unspecified atom stereocenters. The Bertz CT molecular complexity index is 3030. The van der Waals surface area contributed by atoms with Gasteiger partial charge in [-0.2, -0.15) is 0 Å². The van der Waals surface area contributed by atoms with Crippen molar-refractivity contribution < 1.29 is 0 Å². The molecule has 1 nitrogen and oxygen atoms in total. The molecule has 1 aliphatic carbocycles. The maximum Gasteiger partial charge on any atom is 0.0546 e. The summed E-state index contributed by atoms with van der Waals surface area (Å²) in [6, 6.07) is 73.5. The molecule has 53 heavy (non-hydrogen) atoms. The van der Waals surface area contributed by atoms with Crippen molar-refractivity contribution in [1.82, 2.24) is 0 Å². The summed E-state index contributed by atoms with van der Waals surface area (Å²) in [5, 5.41) is 10.0. The molecule has 0 saturated heterocycles. The molecule has 11 rings (SSSR count). The van der Waals surface area contributed by atoms with Gasteiger partial charge in [-0.3, -0.25) is 0 Å². The first kappa shape index (κ1) is 29.7. The van der Waals surface area contributed by atoms with Crippen LogP contribution in [-0.4, -0.2) is 0 Å². The minimum Gasteiger partial charge on any atom is -0.310 e. The summed E-state index contributed by atoms with van der Waals surface area (Å²) in [5.74, 6) is 0. The van der Waals surface area contributed by atoms with E-state index in [1.807, 2.05) is 0 Å². The van der Waals surface area contributed by atoms with Gasteiger partial charge in [0.05, 0.1) is 5.69 Å². The average molecular weight is 672 g/mol. The molecule has 0 bridgehead atoms. The van der Waals surface area contributed by atoms with E-state index < -0.39 is 0 Å². The Labute approximate surface area is 308 Å². The lowest BCUT2D eigenvalue weighted by molar-refractivity contribution is 1.31. The van der Waals surface area contributed by atoms with E-state index >= 15 is 0 Å². The van der Waals surface area contributed by atoms with Gasteiger partial charge >= 0.3 is 0 Å². The van der Waals surface area contributed by atoms with Gasteiger partial charge in [0.2, 0.25) is 0 Å². The molecule has 0 saturated carbocycles. The van der Waals surface area contributed by atoms with E-state index in [1.54, 1.807) is 0 Å². The summed E-state index contributed by atoms with van der Waals surface area (Å²) in [6.45, 7) is 0. The van der Waals surface area contributed by atoms with Crippen molar-refractivity contribution >= 4 is 60.2 Å². The maximum atomic E-state index is 2.44. The number of rotatable bonds is 5. The lowest BCUT2D eigenvalue weighted by atomic mass is 9.77. The highest BCUT2D eigenvalue weighted by Gasteiger charge is 2.25. The van der Waals surface area contributed by atoms with Gasteiger partial charge in [-0.15, -0.1) is 0 Å². The fraction of sp³-hybridized carbons (Fsp3) is 0. The third kappa shape index (κ3) is 4.86. The lowest BCUT2D eigenvalue weighted by Crippen LogP contribution is -2.11. The SMILES string of the molecule is c1ccc(-c2ccc(N(c3ccc4cc5c(cc4c3)-c3cc4cc(-c6ccccc6)ccc4cc3-5)c3cc4ccccc4c4ccccc34)cc2)cc1. The molecule has 0 radical (unpaired) electrons. The summed E-state index contributed by atoms with van der Waals surface area (Å²) in [6.07, 6.45) is 0. The molecule has 0 N–H and O–H groups in total. The van der Waals surface area contributed by atoms with E-state index in [0.717, 1.165) is 11.4 Å². The van der Waals surface area contributed by atoms with Crippen molar-refractivity contribution in [2.24, 2.45) is 0 Å². The van der Waals surface area contributed by atoms with Gasteiger partial charge in [0.15, 0.2) is 0 Å². The molecule has 0 spiro atoms. The zero-order chi connectivity index (χ0) is 34.9. The number of nitrogens with zero attached hydrogens (tertiary/aromatic N) is 1. The van der Waals surface area contributed by atoms with Crippen LogP contribution in [0.2, 0.25) is 0 Å². The van der Waals surface area contributed by atoms with Gasteiger partial charge in [-0.1, -0.05) is 140 Å². The largest absolute Gasteiger partial charge is 0.310 e. The summed E-state index contributed by atoms with van der Waals surface area (Å²) in [7, 11) is 0. The Morgan fingerprint density at radius 3 is 1.40 bits per heavy atom. The van der Waals surface area contributed by atoms with Crippen LogP contribution in [0.1, 0.15) is 0 Å². The fourth-order valence-electron chi connectivity index (χ4n) is 8.44. The van der Waals surface area contributed by atoms with E-state index in [2.05, 4.69) is 205 Å². The van der Waals surface area contributed by atoms with Gasteiger partial charge < -0.3 is 4.90 Å². The molecule has 10 aromatic carbocycles. The number of anilines is 3. The minimum absolute atomic E-state index is 1.12. The summed E-state index contributed by atoms with van der Waals surface area (Å²) < 4.78 is 0. The van der Waals surface area contributed by atoms with Crippen LogP contribution in [0.3, 0.4) is 0 Å². The zero-order valence-electron chi connectivity index (χ0n) is 29.0. The summed E-state index contributed by atoms with van der Waals surface area (Å²) >= 11 is 0. The van der Waals surface area contributed by atoms with E-state index in [4.69, 9.17) is 0 Å². The Morgan fingerprint density at radius 2 is 0.717 bits per heavy atom. The van der Waals surface area contributed by atoms with E-state index in [-0.39, 0.29) is 0 Å². The molecule has 10 aromatic rings. The zero-order valence-corrected chi connectivity index (χ0v) is 29.0. The Balaban J connectivity index is 1.06. The van der Waals surface area contributed by atoms with E-state index in [9.17, 15) is 0 Å². The van der Waals surface area contributed by atoms with E-state index in [0.29, 0.717) is 0 Å². The van der Waals surface area contributed by atoms with Crippen LogP contribution in [0.25, 0.3) is 87.6 Å². The standard InChI is InChI=1S/C52H33N/c1-3-11-34(12-4-1)36-21-24-43(25-22-36)53(52-33-40-15-7-8-16-45(40)46-17-9-10-18-47(46)52)44-26-23-39-30-49-48-29-38-20-19-37(35-13-5-2-6-14-35)27-41(38)31-50(48)51(49)32-42(39)28-44/h1-33H. The van der Waals surface area contributed by atoms with Gasteiger partial charge in [0.1, 0.15) is 0 Å². The summed E-state index contributed by atoms with van der Waals surface area (Å²) in [5.41, 5.74) is 13.7.